The summed E-state index contributed by atoms with van der Waals surface area (Å²) in [6.07, 6.45) is 0. The first-order chi connectivity index (χ1) is 8.99. The molecule has 0 saturated carbocycles. The van der Waals surface area contributed by atoms with Crippen LogP contribution in [0.5, 0.6) is 5.75 Å². The average Bonchev–Trinajstić information content (AvgIpc) is 2.68. The van der Waals surface area contributed by atoms with Gasteiger partial charge in [0.2, 0.25) is 0 Å². The molecule has 0 aliphatic rings. The molecule has 0 aliphatic carbocycles. The van der Waals surface area contributed by atoms with Crippen LogP contribution in [0, 0.1) is 13.8 Å². The summed E-state index contributed by atoms with van der Waals surface area (Å²) in [5.74, 6) is 1.27. The van der Waals surface area contributed by atoms with Gasteiger partial charge in [-0.25, -0.2) is 0 Å². The highest BCUT2D eigenvalue weighted by atomic mass is 79.9. The number of hydrogen-bond donors (Lipinski definition) is 0. The molecular weight excluding hydrogens is 310 g/mol. The van der Waals surface area contributed by atoms with E-state index in [1.807, 2.05) is 19.9 Å². The van der Waals surface area contributed by atoms with Crippen LogP contribution in [0.2, 0.25) is 0 Å². The Kier molecular flexibility index (Phi) is 4.04. The van der Waals surface area contributed by atoms with E-state index in [9.17, 15) is 4.79 Å². The van der Waals surface area contributed by atoms with Crippen molar-refractivity contribution in [2.75, 3.05) is 0 Å². The molecule has 0 N–H and O–H groups in total. The van der Waals surface area contributed by atoms with Crippen LogP contribution in [0.4, 0.5) is 0 Å². The second-order valence-corrected chi connectivity index (χ2v) is 5.20. The van der Waals surface area contributed by atoms with Crippen LogP contribution in [0.1, 0.15) is 34.3 Å². The van der Waals surface area contributed by atoms with Crippen molar-refractivity contribution >= 4 is 21.7 Å². The van der Waals surface area contributed by atoms with Crippen LogP contribution >= 0.6 is 15.9 Å². The summed E-state index contributed by atoms with van der Waals surface area (Å²) in [5, 5.41) is 3.87. The van der Waals surface area contributed by atoms with Crippen LogP contribution in [0.25, 0.3) is 0 Å². The highest BCUT2D eigenvalue weighted by Crippen LogP contribution is 2.25. The number of benzene rings is 1. The molecule has 0 atom stereocenters. The zero-order chi connectivity index (χ0) is 14.0. The van der Waals surface area contributed by atoms with Crippen molar-refractivity contribution in [1.29, 1.82) is 0 Å². The van der Waals surface area contributed by atoms with Gasteiger partial charge in [0.05, 0.1) is 16.8 Å². The molecule has 5 heteroatoms. The van der Waals surface area contributed by atoms with E-state index >= 15 is 0 Å². The van der Waals surface area contributed by atoms with E-state index in [4.69, 9.17) is 9.26 Å². The number of aryl methyl sites for hydroxylation is 2. The Morgan fingerprint density at radius 1 is 1.42 bits per heavy atom. The summed E-state index contributed by atoms with van der Waals surface area (Å²) in [5.41, 5.74) is 2.28. The number of rotatable bonds is 4. The Hall–Kier alpha value is -1.62. The predicted octanol–water partition coefficient (Wildman–Crippen LogP) is 3.84. The Morgan fingerprint density at radius 3 is 2.74 bits per heavy atom. The van der Waals surface area contributed by atoms with Gasteiger partial charge in [0.15, 0.2) is 5.78 Å². The van der Waals surface area contributed by atoms with Gasteiger partial charge in [0, 0.05) is 4.47 Å². The monoisotopic (exact) mass is 323 g/mol. The number of aromatic nitrogens is 1. The lowest BCUT2D eigenvalue weighted by molar-refractivity contribution is 0.101. The minimum absolute atomic E-state index is 0.0323. The van der Waals surface area contributed by atoms with E-state index in [0.29, 0.717) is 17.9 Å². The number of nitrogens with zero attached hydrogens (tertiary/aromatic N) is 1. The van der Waals surface area contributed by atoms with Crippen molar-refractivity contribution in [3.05, 3.63) is 45.3 Å². The summed E-state index contributed by atoms with van der Waals surface area (Å²) >= 11 is 3.34. The summed E-state index contributed by atoms with van der Waals surface area (Å²) in [6.45, 7) is 5.56. The number of Topliss-reactive ketones (excluding diaryl/α,β-unsaturated/α-hetero) is 1. The van der Waals surface area contributed by atoms with Crippen molar-refractivity contribution in [3.63, 3.8) is 0 Å². The molecule has 0 saturated heterocycles. The van der Waals surface area contributed by atoms with Crippen LogP contribution in [0.15, 0.2) is 27.2 Å². The standard InChI is InChI=1S/C14H14BrNO3/c1-8-13(10(3)19-16-8)7-18-14-5-4-11(15)6-12(14)9(2)17/h4-6H,7H2,1-3H3. The van der Waals surface area contributed by atoms with E-state index in [1.54, 1.807) is 12.1 Å². The molecule has 0 radical (unpaired) electrons. The van der Waals surface area contributed by atoms with Gasteiger partial charge >= 0.3 is 0 Å². The molecule has 1 aromatic heterocycles. The summed E-state index contributed by atoms with van der Waals surface area (Å²) in [4.78, 5) is 11.6. The Bertz CT molecular complexity index is 600. The fraction of sp³-hybridized carbons (Fsp3) is 0.286. The van der Waals surface area contributed by atoms with Gasteiger partial charge < -0.3 is 9.26 Å². The molecule has 4 nitrogen and oxygen atoms in total. The Balaban J connectivity index is 2.23. The first-order valence-corrected chi connectivity index (χ1v) is 6.63. The maximum Gasteiger partial charge on any atom is 0.163 e. The quantitative estimate of drug-likeness (QED) is 0.802. The van der Waals surface area contributed by atoms with Crippen molar-refractivity contribution in [2.24, 2.45) is 0 Å². The maximum absolute atomic E-state index is 11.6. The lowest BCUT2D eigenvalue weighted by atomic mass is 10.1. The fourth-order valence-electron chi connectivity index (χ4n) is 1.76. The van der Waals surface area contributed by atoms with E-state index in [1.165, 1.54) is 6.92 Å². The van der Waals surface area contributed by atoms with Gasteiger partial charge in [-0.2, -0.15) is 0 Å². The zero-order valence-electron chi connectivity index (χ0n) is 11.0. The molecule has 0 amide bonds. The second-order valence-electron chi connectivity index (χ2n) is 4.29. The van der Waals surface area contributed by atoms with Crippen LogP contribution in [-0.4, -0.2) is 10.9 Å². The number of carbonyl (C=O) groups excluding carboxylic acids is 1. The molecule has 0 aliphatic heterocycles. The Morgan fingerprint density at radius 2 is 2.16 bits per heavy atom. The number of hydrogen-bond acceptors (Lipinski definition) is 4. The van der Waals surface area contributed by atoms with Crippen molar-refractivity contribution in [2.45, 2.75) is 27.4 Å². The minimum Gasteiger partial charge on any atom is -0.488 e. The Labute approximate surface area is 119 Å². The van der Waals surface area contributed by atoms with E-state index in [-0.39, 0.29) is 5.78 Å². The van der Waals surface area contributed by atoms with E-state index in [2.05, 4.69) is 21.1 Å². The minimum atomic E-state index is -0.0323. The van der Waals surface area contributed by atoms with Crippen LogP contribution in [0.3, 0.4) is 0 Å². The molecule has 2 rings (SSSR count). The zero-order valence-corrected chi connectivity index (χ0v) is 12.6. The third kappa shape index (κ3) is 3.04. The van der Waals surface area contributed by atoms with Crippen molar-refractivity contribution < 1.29 is 14.1 Å². The molecular formula is C14H14BrNO3. The molecule has 1 heterocycles. The maximum atomic E-state index is 11.6. The first kappa shape index (κ1) is 13.8. The van der Waals surface area contributed by atoms with Gasteiger partial charge in [0.25, 0.3) is 0 Å². The topological polar surface area (TPSA) is 52.3 Å². The molecule has 2 aromatic rings. The van der Waals surface area contributed by atoms with Crippen LogP contribution in [-0.2, 0) is 6.61 Å². The van der Waals surface area contributed by atoms with E-state index in [0.717, 1.165) is 21.5 Å². The van der Waals surface area contributed by atoms with Gasteiger partial charge in [-0.3, -0.25) is 4.79 Å². The third-order valence-electron chi connectivity index (χ3n) is 2.87. The molecule has 0 fully saturated rings. The number of ether oxygens (including phenoxy) is 1. The molecule has 100 valence electrons. The van der Waals surface area contributed by atoms with Gasteiger partial charge in [0.1, 0.15) is 18.1 Å². The van der Waals surface area contributed by atoms with E-state index < -0.39 is 0 Å². The summed E-state index contributed by atoms with van der Waals surface area (Å²) in [7, 11) is 0. The normalized spacial score (nSPS) is 10.5. The largest absolute Gasteiger partial charge is 0.488 e. The lowest BCUT2D eigenvalue weighted by Crippen LogP contribution is -2.03. The number of ketones is 1. The third-order valence-corrected chi connectivity index (χ3v) is 3.37. The molecule has 0 unspecified atom stereocenters. The highest BCUT2D eigenvalue weighted by Gasteiger charge is 2.13. The second kappa shape index (κ2) is 5.57. The number of halogens is 1. The predicted molar refractivity (Wildman–Crippen MR) is 74.5 cm³/mol. The van der Waals surface area contributed by atoms with Gasteiger partial charge in [-0.1, -0.05) is 21.1 Å². The number of carbonyl (C=O) groups is 1. The smallest absolute Gasteiger partial charge is 0.163 e. The van der Waals surface area contributed by atoms with Crippen molar-refractivity contribution in [1.82, 2.24) is 5.16 Å². The lowest BCUT2D eigenvalue weighted by Gasteiger charge is -2.10. The summed E-state index contributed by atoms with van der Waals surface area (Å²) in [6, 6.07) is 5.37. The van der Waals surface area contributed by atoms with Crippen molar-refractivity contribution in [3.8, 4) is 5.75 Å². The van der Waals surface area contributed by atoms with Gasteiger partial charge in [-0.05, 0) is 39.0 Å². The molecule has 0 bridgehead atoms. The molecule has 1 aromatic carbocycles. The highest BCUT2D eigenvalue weighted by molar-refractivity contribution is 9.10. The SMILES string of the molecule is CC(=O)c1cc(Br)ccc1OCc1c(C)noc1C. The fourth-order valence-corrected chi connectivity index (χ4v) is 2.12. The molecule has 0 spiro atoms. The molecule has 19 heavy (non-hydrogen) atoms. The van der Waals surface area contributed by atoms with Gasteiger partial charge in [-0.15, -0.1) is 0 Å². The summed E-state index contributed by atoms with van der Waals surface area (Å²) < 4.78 is 11.6. The average molecular weight is 324 g/mol. The first-order valence-electron chi connectivity index (χ1n) is 5.84. The van der Waals surface area contributed by atoms with Crippen LogP contribution < -0.4 is 4.74 Å².